The van der Waals surface area contributed by atoms with Crippen LogP contribution in [-0.4, -0.2) is 68.7 Å². The minimum Gasteiger partial charge on any atom is -0.504 e. The zero-order chi connectivity index (χ0) is 24.6. The summed E-state index contributed by atoms with van der Waals surface area (Å²) in [6.07, 6.45) is 3.77. The zero-order valence-electron chi connectivity index (χ0n) is 19.7. The van der Waals surface area contributed by atoms with E-state index in [1.165, 1.54) is 31.0 Å². The Labute approximate surface area is 207 Å². The highest BCUT2D eigenvalue weighted by Crippen LogP contribution is 2.66. The minimum absolute atomic E-state index is 0.00545. The number of fused-ring (bicyclic) bond motifs is 1. The molecule has 36 heavy (non-hydrogen) atoms. The molecule has 3 fully saturated rings. The maximum absolute atomic E-state index is 14.6. The fourth-order valence-electron chi connectivity index (χ4n) is 8.28. The van der Waals surface area contributed by atoms with Crippen LogP contribution in [0.15, 0.2) is 30.3 Å². The summed E-state index contributed by atoms with van der Waals surface area (Å²) in [7, 11) is 0. The van der Waals surface area contributed by atoms with Crippen LogP contribution in [0.1, 0.15) is 63.9 Å². The van der Waals surface area contributed by atoms with Crippen LogP contribution < -0.4 is 4.74 Å². The first kappa shape index (κ1) is 21.1. The van der Waals surface area contributed by atoms with Gasteiger partial charge in [0.15, 0.2) is 11.5 Å². The highest BCUT2D eigenvalue weighted by Gasteiger charge is 2.74. The number of amides is 2. The van der Waals surface area contributed by atoms with Crippen molar-refractivity contribution in [1.82, 2.24) is 9.80 Å². The van der Waals surface area contributed by atoms with Crippen LogP contribution in [0.4, 0.5) is 4.39 Å². The maximum atomic E-state index is 14.6. The van der Waals surface area contributed by atoms with E-state index in [0.29, 0.717) is 37.4 Å². The van der Waals surface area contributed by atoms with Crippen LogP contribution in [0.2, 0.25) is 0 Å². The first-order chi connectivity index (χ1) is 17.3. The Morgan fingerprint density at radius 2 is 1.92 bits per heavy atom. The van der Waals surface area contributed by atoms with Crippen molar-refractivity contribution in [3.8, 4) is 11.5 Å². The van der Waals surface area contributed by atoms with Gasteiger partial charge in [-0.25, -0.2) is 4.39 Å². The third-order valence-electron chi connectivity index (χ3n) is 9.96. The molecule has 2 N–H and O–H groups in total. The quantitative estimate of drug-likeness (QED) is 0.644. The number of phenols is 1. The molecular weight excluding hydrogens is 463 g/mol. The van der Waals surface area contributed by atoms with Gasteiger partial charge in [0.2, 0.25) is 0 Å². The Morgan fingerprint density at radius 1 is 1.08 bits per heavy atom. The van der Waals surface area contributed by atoms with Crippen molar-refractivity contribution >= 4 is 11.8 Å². The Kier molecular flexibility index (Phi) is 3.91. The zero-order valence-corrected chi connectivity index (χ0v) is 19.7. The number of aliphatic hydroxyl groups is 1. The van der Waals surface area contributed by atoms with Gasteiger partial charge in [0.05, 0.1) is 28.2 Å². The number of hydrogen-bond acceptors (Lipinski definition) is 6. The monoisotopic (exact) mass is 490 g/mol. The van der Waals surface area contributed by atoms with Crippen LogP contribution >= 0.6 is 0 Å². The summed E-state index contributed by atoms with van der Waals surface area (Å²) in [5.41, 5.74) is -0.203. The second-order valence-corrected chi connectivity index (χ2v) is 11.5. The lowest BCUT2D eigenvalue weighted by Crippen LogP contribution is -2.78. The van der Waals surface area contributed by atoms with Gasteiger partial charge >= 0.3 is 0 Å². The maximum Gasteiger partial charge on any atom is 0.264 e. The molecule has 3 heterocycles. The van der Waals surface area contributed by atoms with E-state index in [9.17, 15) is 24.2 Å². The lowest BCUT2D eigenvalue weighted by molar-refractivity contribution is -0.196. The Bertz CT molecular complexity index is 1370. The molecule has 3 aliphatic heterocycles. The molecule has 0 radical (unpaired) electrons. The molecular formula is C28H27FN2O5. The van der Waals surface area contributed by atoms with Gasteiger partial charge in [-0.1, -0.05) is 12.1 Å². The van der Waals surface area contributed by atoms with E-state index in [-0.39, 0.29) is 22.9 Å². The molecule has 8 rings (SSSR count). The number of carbonyl (C=O) groups is 2. The lowest BCUT2D eigenvalue weighted by Gasteiger charge is -2.64. The van der Waals surface area contributed by atoms with Crippen molar-refractivity contribution in [2.75, 3.05) is 13.1 Å². The summed E-state index contributed by atoms with van der Waals surface area (Å²) in [5.74, 6) is -0.836. The largest absolute Gasteiger partial charge is 0.504 e. The number of imide groups is 1. The lowest BCUT2D eigenvalue weighted by atomic mass is 9.48. The van der Waals surface area contributed by atoms with Crippen LogP contribution in [0, 0.1) is 11.7 Å². The average molecular weight is 491 g/mol. The van der Waals surface area contributed by atoms with Gasteiger partial charge in [0.25, 0.3) is 11.8 Å². The number of piperidine rings is 1. The SMILES string of the molecule is O=C1c2cccc(F)c2C(=O)N1[C@H]1CC[C@@]2(O)[C@@H]3Cc4ccc(O)c5c4[C@@]2(CCN3CC2CC2)[C@H]1O5. The number of phenolic OH excluding ortho intramolecular Hbond substituents is 1. The summed E-state index contributed by atoms with van der Waals surface area (Å²) in [6, 6.07) is 6.91. The predicted octanol–water partition coefficient (Wildman–Crippen LogP) is 2.76. The molecule has 2 aromatic rings. The number of ether oxygens (including phenoxy) is 1. The Balaban J connectivity index is 1.28. The van der Waals surface area contributed by atoms with Gasteiger partial charge in [-0.2, -0.15) is 0 Å². The smallest absolute Gasteiger partial charge is 0.264 e. The first-order valence-corrected chi connectivity index (χ1v) is 13.0. The molecule has 2 bridgehead atoms. The highest BCUT2D eigenvalue weighted by atomic mass is 19.1. The summed E-state index contributed by atoms with van der Waals surface area (Å²) >= 11 is 0. The fraction of sp³-hybridized carbons (Fsp3) is 0.500. The van der Waals surface area contributed by atoms with Gasteiger partial charge < -0.3 is 14.9 Å². The Hall–Kier alpha value is -2.97. The number of nitrogens with zero attached hydrogens (tertiary/aromatic N) is 2. The van der Waals surface area contributed by atoms with Crippen molar-refractivity contribution in [3.63, 3.8) is 0 Å². The number of carbonyl (C=O) groups excluding carboxylic acids is 2. The summed E-state index contributed by atoms with van der Waals surface area (Å²) in [5, 5.41) is 23.4. The third kappa shape index (κ3) is 2.31. The second-order valence-electron chi connectivity index (χ2n) is 11.5. The summed E-state index contributed by atoms with van der Waals surface area (Å²) in [4.78, 5) is 30.5. The Morgan fingerprint density at radius 3 is 2.69 bits per heavy atom. The molecule has 3 aliphatic carbocycles. The molecule has 5 atom stereocenters. The number of likely N-dealkylation sites (tertiary alicyclic amines) is 1. The molecule has 2 aromatic carbocycles. The van der Waals surface area contributed by atoms with Crippen LogP contribution in [-0.2, 0) is 11.8 Å². The standard InChI is InChI=1S/C28H27FN2O5/c29-17-3-1-2-16-21(17)26(34)31(25(16)33)18-8-9-28(35)20-12-15-6-7-19(32)23-22(15)27(28,24(18)36-23)10-11-30(20)13-14-4-5-14/h1-3,6-7,14,18,20,24,32,35H,4-5,8-13H2/t18-,20-,24-,27-,28+/m0/s1. The molecule has 7 nitrogen and oxygen atoms in total. The molecule has 1 saturated heterocycles. The number of hydrogen-bond donors (Lipinski definition) is 2. The van der Waals surface area contributed by atoms with Gasteiger partial charge in [0.1, 0.15) is 11.9 Å². The number of halogens is 1. The van der Waals surface area contributed by atoms with Crippen LogP contribution in [0.3, 0.4) is 0 Å². The molecule has 6 aliphatic rings. The van der Waals surface area contributed by atoms with E-state index in [0.717, 1.165) is 29.1 Å². The van der Waals surface area contributed by atoms with Crippen molar-refractivity contribution in [3.05, 3.63) is 58.4 Å². The van der Waals surface area contributed by atoms with Gasteiger partial charge in [-0.3, -0.25) is 19.4 Å². The molecule has 0 aromatic heterocycles. The second kappa shape index (κ2) is 6.66. The van der Waals surface area contributed by atoms with E-state index in [2.05, 4.69) is 4.90 Å². The fourth-order valence-corrected chi connectivity index (χ4v) is 8.28. The highest BCUT2D eigenvalue weighted by molar-refractivity contribution is 6.21. The molecule has 186 valence electrons. The molecule has 1 spiro atoms. The van der Waals surface area contributed by atoms with Gasteiger partial charge in [0, 0.05) is 18.2 Å². The van der Waals surface area contributed by atoms with Crippen LogP contribution in [0.25, 0.3) is 0 Å². The molecule has 2 amide bonds. The predicted molar refractivity (Wildman–Crippen MR) is 125 cm³/mol. The first-order valence-electron chi connectivity index (χ1n) is 13.0. The van der Waals surface area contributed by atoms with Crippen molar-refractivity contribution < 1.29 is 28.9 Å². The number of aromatic hydroxyl groups is 1. The summed E-state index contributed by atoms with van der Waals surface area (Å²) in [6.45, 7) is 1.75. The van der Waals surface area contributed by atoms with Gasteiger partial charge in [-0.15, -0.1) is 0 Å². The van der Waals surface area contributed by atoms with Crippen molar-refractivity contribution in [2.45, 2.75) is 67.7 Å². The van der Waals surface area contributed by atoms with Crippen LogP contribution in [0.5, 0.6) is 11.5 Å². The molecule has 8 heteroatoms. The number of rotatable bonds is 3. The third-order valence-corrected chi connectivity index (χ3v) is 9.96. The summed E-state index contributed by atoms with van der Waals surface area (Å²) < 4.78 is 21.1. The van der Waals surface area contributed by atoms with E-state index < -0.39 is 40.8 Å². The topological polar surface area (TPSA) is 90.3 Å². The van der Waals surface area contributed by atoms with E-state index in [1.807, 2.05) is 6.07 Å². The average Bonchev–Trinajstić information content (AvgIpc) is 3.54. The number of benzene rings is 2. The molecule has 2 saturated carbocycles. The molecule has 0 unspecified atom stereocenters. The van der Waals surface area contributed by atoms with E-state index in [4.69, 9.17) is 4.74 Å². The van der Waals surface area contributed by atoms with Crippen molar-refractivity contribution in [1.29, 1.82) is 0 Å². The minimum atomic E-state index is -1.11. The van der Waals surface area contributed by atoms with Gasteiger partial charge in [-0.05, 0) is 74.8 Å². The van der Waals surface area contributed by atoms with Crippen molar-refractivity contribution in [2.24, 2.45) is 5.92 Å². The normalized spacial score (nSPS) is 36.1. The van der Waals surface area contributed by atoms with E-state index in [1.54, 1.807) is 6.07 Å². The van der Waals surface area contributed by atoms with E-state index >= 15 is 0 Å².